The van der Waals surface area contributed by atoms with Gasteiger partial charge in [-0.3, -0.25) is 4.79 Å². The van der Waals surface area contributed by atoms with Gasteiger partial charge in [0, 0.05) is 12.8 Å². The van der Waals surface area contributed by atoms with E-state index in [4.69, 9.17) is 0 Å². The second-order valence-electron chi connectivity index (χ2n) is 8.10. The van der Waals surface area contributed by atoms with E-state index in [2.05, 4.69) is 40.9 Å². The van der Waals surface area contributed by atoms with Gasteiger partial charge in [-0.05, 0) is 36.5 Å². The van der Waals surface area contributed by atoms with Crippen LogP contribution in [-0.2, 0) is 4.79 Å². The van der Waals surface area contributed by atoms with E-state index in [-0.39, 0.29) is 0 Å². The van der Waals surface area contributed by atoms with Crippen LogP contribution in [0.3, 0.4) is 0 Å². The lowest BCUT2D eigenvalue weighted by molar-refractivity contribution is -0.120. The maximum atomic E-state index is 12.2. The molecule has 1 rings (SSSR count). The third kappa shape index (κ3) is 10.2. The molecule has 0 bridgehead atoms. The molecule has 1 aliphatic rings. The Morgan fingerprint density at radius 1 is 1.05 bits per heavy atom. The van der Waals surface area contributed by atoms with E-state index in [0.717, 1.165) is 25.2 Å². The number of unbranched alkanes of at least 4 members (excludes halogenated alkanes) is 1. The fourth-order valence-electron chi connectivity index (χ4n) is 3.61. The van der Waals surface area contributed by atoms with Crippen molar-refractivity contribution < 1.29 is 4.79 Å². The topological polar surface area (TPSA) is 17.1 Å². The van der Waals surface area contributed by atoms with E-state index in [1.165, 1.54) is 51.4 Å². The second kappa shape index (κ2) is 11.9. The van der Waals surface area contributed by atoms with Gasteiger partial charge in [-0.2, -0.15) is 0 Å². The van der Waals surface area contributed by atoms with Crippen LogP contribution in [0.5, 0.6) is 0 Å². The lowest BCUT2D eigenvalue weighted by Gasteiger charge is -2.31. The third-order valence-electron chi connectivity index (χ3n) is 4.87. The number of rotatable bonds is 8. The summed E-state index contributed by atoms with van der Waals surface area (Å²) in [6, 6.07) is 0. The highest BCUT2D eigenvalue weighted by Gasteiger charge is 2.26. The number of carbonyl (C=O) groups excluding carboxylic acids is 1. The molecule has 2 atom stereocenters. The Bertz CT molecular complexity index is 287. The van der Waals surface area contributed by atoms with Crippen LogP contribution in [0.1, 0.15) is 98.3 Å². The molecule has 0 saturated heterocycles. The van der Waals surface area contributed by atoms with Crippen LogP contribution in [0.25, 0.3) is 0 Å². The Labute approximate surface area is 140 Å². The summed E-state index contributed by atoms with van der Waals surface area (Å²) < 4.78 is 0. The number of carbonyl (C=O) groups is 1. The van der Waals surface area contributed by atoms with Crippen LogP contribution in [0.15, 0.2) is 13.2 Å². The van der Waals surface area contributed by atoms with Crippen molar-refractivity contribution in [3.8, 4) is 0 Å². The van der Waals surface area contributed by atoms with E-state index in [0.29, 0.717) is 17.1 Å². The molecule has 1 aliphatic carbocycles. The van der Waals surface area contributed by atoms with E-state index < -0.39 is 0 Å². The molecule has 0 spiro atoms. The summed E-state index contributed by atoms with van der Waals surface area (Å²) in [5, 5.41) is 0. The van der Waals surface area contributed by atoms with Crippen molar-refractivity contribution in [3.05, 3.63) is 13.2 Å². The van der Waals surface area contributed by atoms with Gasteiger partial charge in [0.05, 0.1) is 0 Å². The van der Waals surface area contributed by atoms with Crippen LogP contribution in [0.2, 0.25) is 0 Å². The Balaban J connectivity index is 0.00000211. The van der Waals surface area contributed by atoms with Gasteiger partial charge in [0.2, 0.25) is 0 Å². The molecular formula is C21H40O. The Hall–Kier alpha value is -0.590. The summed E-state index contributed by atoms with van der Waals surface area (Å²) in [5.74, 6) is 2.08. The molecule has 22 heavy (non-hydrogen) atoms. The quantitative estimate of drug-likeness (QED) is 0.443. The third-order valence-corrected chi connectivity index (χ3v) is 4.87. The molecule has 0 aliphatic heterocycles. The van der Waals surface area contributed by atoms with Gasteiger partial charge in [0.15, 0.2) is 0 Å². The zero-order chi connectivity index (χ0) is 17.0. The van der Waals surface area contributed by atoms with Gasteiger partial charge in [-0.25, -0.2) is 0 Å². The van der Waals surface area contributed by atoms with Crippen molar-refractivity contribution in [1.29, 1.82) is 0 Å². The molecular weight excluding hydrogens is 268 g/mol. The molecule has 1 fully saturated rings. The van der Waals surface area contributed by atoms with Crippen molar-refractivity contribution in [2.24, 2.45) is 17.3 Å². The molecule has 0 aromatic carbocycles. The molecule has 130 valence electrons. The minimum atomic E-state index is 0.370. The Morgan fingerprint density at radius 2 is 1.64 bits per heavy atom. The van der Waals surface area contributed by atoms with Crippen molar-refractivity contribution >= 4 is 5.78 Å². The molecule has 1 saturated carbocycles. The minimum Gasteiger partial charge on any atom is -0.300 e. The first kappa shape index (κ1) is 21.4. The summed E-state index contributed by atoms with van der Waals surface area (Å²) >= 11 is 0. The van der Waals surface area contributed by atoms with Gasteiger partial charge in [0.25, 0.3) is 0 Å². The molecule has 0 aromatic rings. The molecule has 0 aromatic heterocycles. The number of hydrogen-bond acceptors (Lipinski definition) is 1. The largest absolute Gasteiger partial charge is 0.300 e. The maximum Gasteiger partial charge on any atom is 0.133 e. The normalized spacial score (nSPS) is 21.8. The van der Waals surface area contributed by atoms with Gasteiger partial charge < -0.3 is 0 Å². The number of ketones is 1. The van der Waals surface area contributed by atoms with Crippen LogP contribution >= 0.6 is 0 Å². The molecule has 0 heterocycles. The van der Waals surface area contributed by atoms with E-state index >= 15 is 0 Å². The van der Waals surface area contributed by atoms with Crippen molar-refractivity contribution in [2.45, 2.75) is 98.3 Å². The molecule has 1 nitrogen and oxygen atoms in total. The summed E-state index contributed by atoms with van der Waals surface area (Å²) in [7, 11) is 0. The standard InChI is InChI=1S/C19H36O.C2H4/c1-5-6-10-16-11-7-8-12-17(16)15-18(20)13-9-14-19(2,3)4;1-2/h16-17H,5-15H2,1-4H3;1-2H2. The van der Waals surface area contributed by atoms with E-state index in [1.807, 2.05) is 0 Å². The Kier molecular flexibility index (Phi) is 11.6. The average molecular weight is 309 g/mol. The predicted octanol–water partition coefficient (Wildman–Crippen LogP) is 6.96. The highest BCUT2D eigenvalue weighted by atomic mass is 16.1. The van der Waals surface area contributed by atoms with Crippen LogP contribution in [0.4, 0.5) is 0 Å². The van der Waals surface area contributed by atoms with Crippen LogP contribution < -0.4 is 0 Å². The summed E-state index contributed by atoms with van der Waals surface area (Å²) in [6.45, 7) is 15.1. The highest BCUT2D eigenvalue weighted by Crippen LogP contribution is 2.36. The fourth-order valence-corrected chi connectivity index (χ4v) is 3.61. The van der Waals surface area contributed by atoms with Crippen molar-refractivity contribution in [2.75, 3.05) is 0 Å². The summed E-state index contributed by atoms with van der Waals surface area (Å²) in [4.78, 5) is 12.2. The number of hydrogen-bond donors (Lipinski definition) is 0. The monoisotopic (exact) mass is 308 g/mol. The molecule has 1 heteroatoms. The maximum absolute atomic E-state index is 12.2. The molecule has 0 radical (unpaired) electrons. The predicted molar refractivity (Wildman–Crippen MR) is 99.2 cm³/mol. The lowest BCUT2D eigenvalue weighted by atomic mass is 9.74. The second-order valence-corrected chi connectivity index (χ2v) is 8.10. The van der Waals surface area contributed by atoms with Gasteiger partial charge in [-0.1, -0.05) is 66.2 Å². The van der Waals surface area contributed by atoms with E-state index in [9.17, 15) is 4.79 Å². The summed E-state index contributed by atoms with van der Waals surface area (Å²) in [6.07, 6.45) is 13.4. The first-order valence-corrected chi connectivity index (χ1v) is 9.44. The van der Waals surface area contributed by atoms with Gasteiger partial charge in [0.1, 0.15) is 5.78 Å². The fraction of sp³-hybridized carbons (Fsp3) is 0.857. The van der Waals surface area contributed by atoms with Crippen LogP contribution in [0, 0.1) is 17.3 Å². The molecule has 2 unspecified atom stereocenters. The summed E-state index contributed by atoms with van der Waals surface area (Å²) in [5.41, 5.74) is 0.370. The van der Waals surface area contributed by atoms with E-state index in [1.54, 1.807) is 0 Å². The van der Waals surface area contributed by atoms with Crippen molar-refractivity contribution in [1.82, 2.24) is 0 Å². The Morgan fingerprint density at radius 3 is 2.18 bits per heavy atom. The zero-order valence-electron chi connectivity index (χ0n) is 15.8. The highest BCUT2D eigenvalue weighted by molar-refractivity contribution is 5.78. The smallest absolute Gasteiger partial charge is 0.133 e. The average Bonchev–Trinajstić information content (AvgIpc) is 2.47. The van der Waals surface area contributed by atoms with Gasteiger partial charge in [-0.15, -0.1) is 13.2 Å². The van der Waals surface area contributed by atoms with Crippen LogP contribution in [-0.4, -0.2) is 5.78 Å². The lowest BCUT2D eigenvalue weighted by Crippen LogP contribution is -2.22. The number of Topliss-reactive ketones (excluding diaryl/α,β-unsaturated/α-hetero) is 1. The molecule has 0 amide bonds. The first-order valence-electron chi connectivity index (χ1n) is 9.44. The zero-order valence-corrected chi connectivity index (χ0v) is 15.8. The van der Waals surface area contributed by atoms with Gasteiger partial charge >= 0.3 is 0 Å². The SMILES string of the molecule is C=C.CCCCC1CCCCC1CC(=O)CCCC(C)(C)C. The first-order chi connectivity index (χ1) is 10.4. The minimum absolute atomic E-state index is 0.370. The molecule has 0 N–H and O–H groups in total. The van der Waals surface area contributed by atoms with Crippen molar-refractivity contribution in [3.63, 3.8) is 0 Å².